The molecule has 13 heteroatoms. The van der Waals surface area contributed by atoms with Gasteiger partial charge in [0.25, 0.3) is 5.56 Å². The van der Waals surface area contributed by atoms with Crippen LogP contribution in [0.3, 0.4) is 0 Å². The van der Waals surface area contributed by atoms with Gasteiger partial charge in [-0.3, -0.25) is 19.5 Å². The molecule has 1 aromatic heterocycles. The summed E-state index contributed by atoms with van der Waals surface area (Å²) in [4.78, 5) is 66.0. The van der Waals surface area contributed by atoms with E-state index in [9.17, 15) is 24.0 Å². The van der Waals surface area contributed by atoms with E-state index < -0.39 is 58.9 Å². The van der Waals surface area contributed by atoms with Crippen LogP contribution in [0.4, 0.5) is 9.59 Å². The number of carbonyl (C=O) groups excluding carboxylic acids is 3. The minimum atomic E-state index is -1.09. The molecule has 0 unspecified atom stereocenters. The number of rotatable bonds is 8. The van der Waals surface area contributed by atoms with Crippen LogP contribution in [-0.4, -0.2) is 75.8 Å². The van der Waals surface area contributed by atoms with Gasteiger partial charge in [0.15, 0.2) is 12.2 Å². The number of carbonyl (C=O) groups is 3. The number of likely N-dealkylation sites (tertiary alicyclic amines) is 1. The quantitative estimate of drug-likeness (QED) is 0.359. The Balaban J connectivity index is 1.91. The second-order valence-electron chi connectivity index (χ2n) is 11.9. The van der Waals surface area contributed by atoms with E-state index in [0.29, 0.717) is 5.75 Å². The summed E-state index contributed by atoms with van der Waals surface area (Å²) in [6, 6.07) is 7.54. The number of H-pyrrole nitrogens is 1. The van der Waals surface area contributed by atoms with E-state index in [1.165, 1.54) is 11.1 Å². The van der Waals surface area contributed by atoms with Crippen LogP contribution in [0.2, 0.25) is 0 Å². The van der Waals surface area contributed by atoms with Crippen molar-refractivity contribution in [2.24, 2.45) is 0 Å². The number of aryl methyl sites for hydroxylation is 1. The monoisotopic (exact) mass is 589 g/mol. The molecule has 3 atom stereocenters. The van der Waals surface area contributed by atoms with E-state index in [1.807, 2.05) is 12.1 Å². The maximum Gasteiger partial charge on any atom is 0.509 e. The Kier molecular flexibility index (Phi) is 10.1. The lowest BCUT2D eigenvalue weighted by molar-refractivity contribution is -0.156. The van der Waals surface area contributed by atoms with E-state index in [1.54, 1.807) is 60.8 Å². The van der Waals surface area contributed by atoms with Crippen molar-refractivity contribution in [1.29, 1.82) is 0 Å². The first kappa shape index (κ1) is 32.2. The Morgan fingerprint density at radius 2 is 1.57 bits per heavy atom. The number of ether oxygens (including phenoxy) is 5. The summed E-state index contributed by atoms with van der Waals surface area (Å²) in [5, 5.41) is 0. The molecule has 1 N–H and O–H groups in total. The molecule has 3 rings (SSSR count). The van der Waals surface area contributed by atoms with Gasteiger partial charge in [-0.05, 0) is 65.7 Å². The molecule has 1 aromatic carbocycles. The highest BCUT2D eigenvalue weighted by molar-refractivity contribution is 5.72. The molecular formula is C29H39N3O10. The number of methoxy groups -OCH3 is 1. The summed E-state index contributed by atoms with van der Waals surface area (Å²) in [6.07, 6.45) is -2.55. The Hall–Kier alpha value is -4.29. The van der Waals surface area contributed by atoms with Crippen LogP contribution in [0.25, 0.3) is 0 Å². The van der Waals surface area contributed by atoms with Gasteiger partial charge in [-0.15, -0.1) is 0 Å². The van der Waals surface area contributed by atoms with Crippen molar-refractivity contribution in [1.82, 2.24) is 14.5 Å². The maximum atomic E-state index is 13.3. The molecule has 1 amide bonds. The molecule has 1 aliphatic heterocycles. The molecule has 13 nitrogen and oxygen atoms in total. The van der Waals surface area contributed by atoms with E-state index >= 15 is 0 Å². The predicted octanol–water partition coefficient (Wildman–Crippen LogP) is 3.03. The molecule has 0 radical (unpaired) electrons. The first-order valence-corrected chi connectivity index (χ1v) is 13.6. The van der Waals surface area contributed by atoms with E-state index in [4.69, 9.17) is 23.7 Å². The normalized spacial score (nSPS) is 18.7. The van der Waals surface area contributed by atoms with Crippen LogP contribution >= 0.6 is 0 Å². The Morgan fingerprint density at radius 3 is 2.14 bits per heavy atom. The standard InChI is InChI=1S/C29H39N3O10/c1-28(2,3)41-26(36)32-17-21(39-27(37)42-29(4,5)6)24(20(32)16-18-8-10-19(38-7)11-9-18)40-23(34)13-15-31-14-12-22(33)30-25(31)35/h8-12,14,20-21,24H,13,15-17H2,1-7H3,(H,30,33,35)/t20-,21+,24+/m1/s1. The zero-order chi connectivity index (χ0) is 31.2. The highest BCUT2D eigenvalue weighted by Crippen LogP contribution is 2.30. The molecule has 1 fully saturated rings. The SMILES string of the molecule is COc1ccc(C[C@@H]2[C@H](OC(=O)CCn3ccc(=O)[nH]c3=O)[C@@H](OC(=O)OC(C)(C)C)CN2C(=O)OC(C)(C)C)cc1. The molecule has 1 saturated heterocycles. The van der Waals surface area contributed by atoms with Gasteiger partial charge >= 0.3 is 23.9 Å². The number of nitrogens with zero attached hydrogens (tertiary/aromatic N) is 2. The van der Waals surface area contributed by atoms with Crippen molar-refractivity contribution in [2.45, 2.75) is 90.4 Å². The molecule has 0 aliphatic carbocycles. The van der Waals surface area contributed by atoms with Crippen LogP contribution in [0.15, 0.2) is 46.1 Å². The van der Waals surface area contributed by atoms with Crippen LogP contribution < -0.4 is 16.0 Å². The summed E-state index contributed by atoms with van der Waals surface area (Å²) in [5.41, 5.74) is -2.10. The second-order valence-corrected chi connectivity index (χ2v) is 11.9. The summed E-state index contributed by atoms with van der Waals surface area (Å²) < 4.78 is 28.8. The van der Waals surface area contributed by atoms with E-state index in [0.717, 1.165) is 16.2 Å². The van der Waals surface area contributed by atoms with Gasteiger partial charge in [0.05, 0.1) is 26.1 Å². The highest BCUT2D eigenvalue weighted by atomic mass is 16.7. The van der Waals surface area contributed by atoms with Gasteiger partial charge in [-0.25, -0.2) is 14.4 Å². The van der Waals surface area contributed by atoms with Gasteiger partial charge in [0.2, 0.25) is 0 Å². The molecule has 1 aliphatic rings. The number of amides is 1. The summed E-state index contributed by atoms with van der Waals surface area (Å²) in [6.45, 7) is 10.0. The van der Waals surface area contributed by atoms with Crippen molar-refractivity contribution in [3.05, 3.63) is 62.9 Å². The summed E-state index contributed by atoms with van der Waals surface area (Å²) in [5.74, 6) is -0.0672. The highest BCUT2D eigenvalue weighted by Gasteiger charge is 2.50. The summed E-state index contributed by atoms with van der Waals surface area (Å²) >= 11 is 0. The molecule has 230 valence electrons. The lowest BCUT2D eigenvalue weighted by Crippen LogP contribution is -2.45. The fourth-order valence-corrected chi connectivity index (χ4v) is 4.32. The zero-order valence-corrected chi connectivity index (χ0v) is 25.0. The molecular weight excluding hydrogens is 550 g/mol. The number of hydrogen-bond acceptors (Lipinski definition) is 10. The smallest absolute Gasteiger partial charge is 0.497 e. The third-order valence-electron chi connectivity index (χ3n) is 6.11. The number of hydrogen-bond donors (Lipinski definition) is 1. The lowest BCUT2D eigenvalue weighted by Gasteiger charge is -2.30. The minimum Gasteiger partial charge on any atom is -0.497 e. The molecule has 0 bridgehead atoms. The molecule has 42 heavy (non-hydrogen) atoms. The van der Waals surface area contributed by atoms with Crippen molar-refractivity contribution >= 4 is 18.2 Å². The maximum absolute atomic E-state index is 13.3. The summed E-state index contributed by atoms with van der Waals surface area (Å²) in [7, 11) is 1.55. The Labute approximate surface area is 243 Å². The fourth-order valence-electron chi connectivity index (χ4n) is 4.32. The zero-order valence-electron chi connectivity index (χ0n) is 25.0. The minimum absolute atomic E-state index is 0.0717. The predicted molar refractivity (Wildman–Crippen MR) is 150 cm³/mol. The third-order valence-corrected chi connectivity index (χ3v) is 6.11. The third kappa shape index (κ3) is 9.38. The Bertz CT molecular complexity index is 1370. The van der Waals surface area contributed by atoms with Crippen molar-refractivity contribution < 1.29 is 38.1 Å². The molecule has 2 heterocycles. The average Bonchev–Trinajstić information content (AvgIpc) is 3.18. The van der Waals surface area contributed by atoms with Gasteiger partial charge in [0, 0.05) is 18.8 Å². The van der Waals surface area contributed by atoms with Gasteiger partial charge in [0.1, 0.15) is 17.0 Å². The largest absolute Gasteiger partial charge is 0.509 e. The van der Waals surface area contributed by atoms with Gasteiger partial charge < -0.3 is 28.3 Å². The van der Waals surface area contributed by atoms with Gasteiger partial charge in [-0.1, -0.05) is 12.1 Å². The van der Waals surface area contributed by atoms with Crippen molar-refractivity contribution in [2.75, 3.05) is 13.7 Å². The number of benzene rings is 1. The van der Waals surface area contributed by atoms with E-state index in [-0.39, 0.29) is 25.9 Å². The molecule has 2 aromatic rings. The Morgan fingerprint density at radius 1 is 0.929 bits per heavy atom. The van der Waals surface area contributed by atoms with Crippen molar-refractivity contribution in [3.63, 3.8) is 0 Å². The lowest BCUT2D eigenvalue weighted by atomic mass is 10.0. The van der Waals surface area contributed by atoms with Crippen LogP contribution in [0, 0.1) is 0 Å². The van der Waals surface area contributed by atoms with E-state index in [2.05, 4.69) is 4.98 Å². The second kappa shape index (κ2) is 13.1. The van der Waals surface area contributed by atoms with Crippen molar-refractivity contribution in [3.8, 4) is 5.75 Å². The first-order chi connectivity index (χ1) is 19.5. The van der Waals surface area contributed by atoms with Crippen LogP contribution in [0.5, 0.6) is 5.75 Å². The van der Waals surface area contributed by atoms with Gasteiger partial charge in [-0.2, -0.15) is 0 Å². The first-order valence-electron chi connectivity index (χ1n) is 13.6. The number of nitrogens with one attached hydrogen (secondary N) is 1. The number of aromatic amines is 1. The van der Waals surface area contributed by atoms with Crippen LogP contribution in [-0.2, 0) is 36.7 Å². The molecule has 0 saturated carbocycles. The molecule has 0 spiro atoms. The number of aromatic nitrogens is 2. The topological polar surface area (TPSA) is 155 Å². The average molecular weight is 590 g/mol. The fraction of sp³-hybridized carbons (Fsp3) is 0.552. The number of esters is 1. The van der Waals surface area contributed by atoms with Crippen LogP contribution in [0.1, 0.15) is 53.5 Å².